The van der Waals surface area contributed by atoms with E-state index in [1.165, 1.54) is 0 Å². The fourth-order valence-corrected chi connectivity index (χ4v) is 0.941. The van der Waals surface area contributed by atoms with Crippen LogP contribution >= 0.6 is 0 Å². The fourth-order valence-electron chi connectivity index (χ4n) is 0.941. The summed E-state index contributed by atoms with van der Waals surface area (Å²) in [6.45, 7) is 1.56. The molecule has 1 aromatic rings. The Labute approximate surface area is 71.2 Å². The molecule has 0 spiro atoms. The summed E-state index contributed by atoms with van der Waals surface area (Å²) in [5.74, 6) is 1.68. The van der Waals surface area contributed by atoms with Crippen molar-refractivity contribution in [2.45, 2.75) is 13.0 Å². The molecule has 0 bridgehead atoms. The van der Waals surface area contributed by atoms with Crippen LogP contribution in [0.4, 0.5) is 0 Å². The summed E-state index contributed by atoms with van der Waals surface area (Å²) in [6.07, 6.45) is -0.816. The minimum absolute atomic E-state index is 0.307. The van der Waals surface area contributed by atoms with E-state index < -0.39 is 6.10 Å². The van der Waals surface area contributed by atoms with Gasteiger partial charge in [-0.15, -0.1) is 0 Å². The van der Waals surface area contributed by atoms with Gasteiger partial charge in [-0.3, -0.25) is 0 Å². The molecule has 1 unspecified atom stereocenters. The number of aliphatic hydroxyl groups excluding tert-OH is 1. The molecule has 0 aliphatic rings. The molecule has 1 atom stereocenters. The molecule has 2 nitrogen and oxygen atoms in total. The Hall–Kier alpha value is -1.37. The van der Waals surface area contributed by atoms with Gasteiger partial charge in [-0.2, -0.15) is 0 Å². The predicted molar refractivity (Wildman–Crippen MR) is 46.3 cm³/mol. The second-order valence-corrected chi connectivity index (χ2v) is 2.60. The highest BCUT2D eigenvalue weighted by molar-refractivity contribution is 5.54. The highest BCUT2D eigenvalue weighted by Gasteiger charge is 2.08. The van der Waals surface area contributed by atoms with E-state index in [-0.39, 0.29) is 0 Å². The Balaban J connectivity index is 2.93. The second kappa shape index (κ2) is 3.86. The van der Waals surface area contributed by atoms with Crippen LogP contribution in [-0.2, 0) is 4.79 Å². The summed E-state index contributed by atoms with van der Waals surface area (Å²) in [5.41, 5.74) is 1.03. The average Bonchev–Trinajstić information content (AvgIpc) is 2.17. The van der Waals surface area contributed by atoms with Gasteiger partial charge in [0.05, 0.1) is 0 Å². The van der Waals surface area contributed by atoms with Crippen molar-refractivity contribution in [3.63, 3.8) is 0 Å². The van der Waals surface area contributed by atoms with Crippen LogP contribution in [0, 0.1) is 0 Å². The lowest BCUT2D eigenvalue weighted by molar-refractivity contribution is 0.217. The minimum Gasteiger partial charge on any atom is -0.383 e. The molecule has 12 heavy (non-hydrogen) atoms. The summed E-state index contributed by atoms with van der Waals surface area (Å²) in [4.78, 5) is 10.2. The lowest BCUT2D eigenvalue weighted by Crippen LogP contribution is -1.98. The first-order valence-corrected chi connectivity index (χ1v) is 3.70. The van der Waals surface area contributed by atoms with Gasteiger partial charge in [-0.25, -0.2) is 4.79 Å². The Morgan fingerprint density at radius 3 is 2.50 bits per heavy atom. The summed E-state index contributed by atoms with van der Waals surface area (Å²) in [6, 6.07) is 9.03. The lowest BCUT2D eigenvalue weighted by atomic mass is 10.0. The van der Waals surface area contributed by atoms with Crippen molar-refractivity contribution in [1.29, 1.82) is 0 Å². The highest BCUT2D eigenvalue weighted by Crippen LogP contribution is 2.17. The molecule has 0 saturated heterocycles. The van der Waals surface area contributed by atoms with Crippen LogP contribution in [0.25, 0.3) is 0 Å². The number of carbonyl (C=O) groups excluding carboxylic acids is 1. The molecule has 0 aromatic heterocycles. The Kier molecular flexibility index (Phi) is 2.81. The zero-order valence-electron chi connectivity index (χ0n) is 6.82. The summed E-state index contributed by atoms with van der Waals surface area (Å²) in [5, 5.41) is 9.49. The van der Waals surface area contributed by atoms with Crippen LogP contribution in [0.5, 0.6) is 0 Å². The molecule has 0 aliphatic heterocycles. The number of benzene rings is 1. The number of hydrogen-bond donors (Lipinski definition) is 1. The van der Waals surface area contributed by atoms with Gasteiger partial charge in [0, 0.05) is 5.57 Å². The van der Waals surface area contributed by atoms with Crippen molar-refractivity contribution in [1.82, 2.24) is 0 Å². The average molecular weight is 162 g/mol. The molecule has 0 amide bonds. The summed E-state index contributed by atoms with van der Waals surface area (Å²) in [7, 11) is 0. The first-order chi connectivity index (χ1) is 5.75. The van der Waals surface area contributed by atoms with Crippen LogP contribution in [-0.4, -0.2) is 11.0 Å². The van der Waals surface area contributed by atoms with E-state index >= 15 is 0 Å². The van der Waals surface area contributed by atoms with Gasteiger partial charge in [0.25, 0.3) is 0 Å². The van der Waals surface area contributed by atoms with E-state index in [2.05, 4.69) is 0 Å². The predicted octanol–water partition coefficient (Wildman–Crippen LogP) is 1.50. The summed E-state index contributed by atoms with van der Waals surface area (Å²) < 4.78 is 0. The largest absolute Gasteiger partial charge is 0.383 e. The zero-order valence-corrected chi connectivity index (χ0v) is 6.82. The third-order valence-corrected chi connectivity index (χ3v) is 1.69. The van der Waals surface area contributed by atoms with Gasteiger partial charge in [0.15, 0.2) is 0 Å². The van der Waals surface area contributed by atoms with Crippen molar-refractivity contribution in [3.8, 4) is 0 Å². The Morgan fingerprint density at radius 1 is 1.42 bits per heavy atom. The van der Waals surface area contributed by atoms with Gasteiger partial charge in [-0.05, 0) is 12.5 Å². The number of aliphatic hydroxyl groups is 1. The van der Waals surface area contributed by atoms with Crippen molar-refractivity contribution in [2.24, 2.45) is 0 Å². The standard InChI is InChI=1S/C10H10O2/c1-8(7-11)10(12)9-5-3-2-4-6-9/h2-6,10,12H,1H3. The third kappa shape index (κ3) is 1.82. The topological polar surface area (TPSA) is 37.3 Å². The van der Waals surface area contributed by atoms with Crippen molar-refractivity contribution >= 4 is 5.94 Å². The fraction of sp³-hybridized carbons (Fsp3) is 0.200. The molecule has 0 saturated carbocycles. The molecule has 0 heterocycles. The lowest BCUT2D eigenvalue weighted by Gasteiger charge is -2.07. The van der Waals surface area contributed by atoms with E-state index in [9.17, 15) is 9.90 Å². The maximum absolute atomic E-state index is 10.2. The SMILES string of the molecule is CC(=C=O)C(O)c1ccccc1. The molecule has 62 valence electrons. The van der Waals surface area contributed by atoms with E-state index in [0.29, 0.717) is 5.57 Å². The molecule has 1 rings (SSSR count). The van der Waals surface area contributed by atoms with Crippen LogP contribution in [0.1, 0.15) is 18.6 Å². The molecule has 0 aliphatic carbocycles. The molecule has 2 heteroatoms. The van der Waals surface area contributed by atoms with E-state index in [4.69, 9.17) is 0 Å². The highest BCUT2D eigenvalue weighted by atomic mass is 16.3. The molecular weight excluding hydrogens is 152 g/mol. The number of rotatable bonds is 2. The Bertz CT molecular complexity index is 297. The van der Waals surface area contributed by atoms with Crippen LogP contribution in [0.2, 0.25) is 0 Å². The van der Waals surface area contributed by atoms with Gasteiger partial charge in [0.2, 0.25) is 0 Å². The molecular formula is C10H10O2. The van der Waals surface area contributed by atoms with Crippen molar-refractivity contribution in [2.75, 3.05) is 0 Å². The second-order valence-electron chi connectivity index (χ2n) is 2.60. The zero-order chi connectivity index (χ0) is 8.97. The van der Waals surface area contributed by atoms with Gasteiger partial charge < -0.3 is 5.11 Å². The number of hydrogen-bond acceptors (Lipinski definition) is 2. The molecule has 1 N–H and O–H groups in total. The summed E-state index contributed by atoms with van der Waals surface area (Å²) >= 11 is 0. The normalized spacial score (nSPS) is 11.8. The molecule has 1 aromatic carbocycles. The van der Waals surface area contributed by atoms with Crippen molar-refractivity contribution < 1.29 is 9.90 Å². The van der Waals surface area contributed by atoms with Gasteiger partial charge in [0.1, 0.15) is 12.0 Å². The van der Waals surface area contributed by atoms with Gasteiger partial charge in [-0.1, -0.05) is 30.3 Å². The quantitative estimate of drug-likeness (QED) is 0.669. The third-order valence-electron chi connectivity index (χ3n) is 1.69. The minimum atomic E-state index is -0.816. The maximum atomic E-state index is 10.2. The first-order valence-electron chi connectivity index (χ1n) is 3.70. The van der Waals surface area contributed by atoms with Crippen molar-refractivity contribution in [3.05, 3.63) is 41.5 Å². The van der Waals surface area contributed by atoms with E-state index in [0.717, 1.165) is 5.56 Å². The van der Waals surface area contributed by atoms with Crippen LogP contribution < -0.4 is 0 Å². The van der Waals surface area contributed by atoms with E-state index in [1.54, 1.807) is 25.0 Å². The van der Waals surface area contributed by atoms with Crippen LogP contribution in [0.15, 0.2) is 35.9 Å². The first kappa shape index (κ1) is 8.72. The smallest absolute Gasteiger partial charge is 0.126 e. The van der Waals surface area contributed by atoms with Crippen LogP contribution in [0.3, 0.4) is 0 Å². The monoisotopic (exact) mass is 162 g/mol. The van der Waals surface area contributed by atoms with E-state index in [1.807, 2.05) is 18.2 Å². The Morgan fingerprint density at radius 2 is 2.00 bits per heavy atom. The molecule has 0 radical (unpaired) electrons. The van der Waals surface area contributed by atoms with Gasteiger partial charge >= 0.3 is 0 Å². The molecule has 0 fully saturated rings. The maximum Gasteiger partial charge on any atom is 0.126 e.